The predicted molar refractivity (Wildman–Crippen MR) is 153 cm³/mol. The van der Waals surface area contributed by atoms with Gasteiger partial charge in [0.25, 0.3) is 0 Å². The lowest BCUT2D eigenvalue weighted by Crippen LogP contribution is -2.23. The summed E-state index contributed by atoms with van der Waals surface area (Å²) in [5, 5.41) is 0. The minimum atomic E-state index is -0.0104. The highest BCUT2D eigenvalue weighted by atomic mass is 16.5. The lowest BCUT2D eigenvalue weighted by molar-refractivity contribution is -0.150. The fraction of sp³-hybridized carbons (Fsp3) is 0.938. The Morgan fingerprint density at radius 2 is 0.944 bits per heavy atom. The normalized spacial score (nSPS) is 12.1. The number of ether oxygens (including phenoxy) is 2. The summed E-state index contributed by atoms with van der Waals surface area (Å²) in [5.74, 6) is 0.457. The van der Waals surface area contributed by atoms with Crippen molar-refractivity contribution >= 4 is 11.9 Å². The van der Waals surface area contributed by atoms with Crippen LogP contribution in [0.15, 0.2) is 0 Å². The van der Waals surface area contributed by atoms with Crippen LogP contribution in [0.5, 0.6) is 0 Å². The van der Waals surface area contributed by atoms with Crippen molar-refractivity contribution in [1.29, 1.82) is 0 Å². The first kappa shape index (κ1) is 34.9. The molecule has 0 spiro atoms. The Hall–Kier alpha value is -1.06. The number of esters is 2. The molecule has 0 saturated carbocycles. The van der Waals surface area contributed by atoms with Crippen molar-refractivity contribution in [2.24, 2.45) is 11.8 Å². The second kappa shape index (κ2) is 27.0. The maximum atomic E-state index is 12.4. The Bertz CT molecular complexity index is 489. The molecule has 36 heavy (non-hydrogen) atoms. The monoisotopic (exact) mass is 510 g/mol. The third kappa shape index (κ3) is 23.3. The SMILES string of the molecule is CCCCCOC(=O)CCCCCCCCCCCCCCCCC(C(=O)OCCCCC)C(C)C. The summed E-state index contributed by atoms with van der Waals surface area (Å²) in [5.41, 5.74) is 0. The van der Waals surface area contributed by atoms with Gasteiger partial charge in [0, 0.05) is 6.42 Å². The minimum Gasteiger partial charge on any atom is -0.466 e. The Kier molecular flexibility index (Phi) is 26.2. The summed E-state index contributed by atoms with van der Waals surface area (Å²) in [6.07, 6.45) is 26.0. The fourth-order valence-corrected chi connectivity index (χ4v) is 4.72. The standard InChI is InChI=1S/C32H62O4/c1-5-7-23-27-35-31(33)26-22-20-18-16-14-12-10-9-11-13-15-17-19-21-25-30(29(3)4)32(34)36-28-24-8-6-2/h29-30H,5-28H2,1-4H3. The molecule has 0 aromatic rings. The van der Waals surface area contributed by atoms with Crippen molar-refractivity contribution in [2.45, 2.75) is 169 Å². The first-order valence-electron chi connectivity index (χ1n) is 15.8. The molecule has 0 rings (SSSR count). The molecule has 0 heterocycles. The fourth-order valence-electron chi connectivity index (χ4n) is 4.72. The summed E-state index contributed by atoms with van der Waals surface area (Å²) >= 11 is 0. The first-order valence-corrected chi connectivity index (χ1v) is 15.8. The van der Waals surface area contributed by atoms with E-state index in [1.54, 1.807) is 0 Å². The van der Waals surface area contributed by atoms with Gasteiger partial charge in [-0.25, -0.2) is 0 Å². The van der Waals surface area contributed by atoms with Gasteiger partial charge in [-0.15, -0.1) is 0 Å². The van der Waals surface area contributed by atoms with Crippen LogP contribution in [0.3, 0.4) is 0 Å². The third-order valence-electron chi connectivity index (χ3n) is 7.26. The Morgan fingerprint density at radius 1 is 0.528 bits per heavy atom. The lowest BCUT2D eigenvalue weighted by Gasteiger charge is -2.19. The average Bonchev–Trinajstić information content (AvgIpc) is 2.86. The molecular formula is C32H62O4. The van der Waals surface area contributed by atoms with E-state index in [-0.39, 0.29) is 17.9 Å². The van der Waals surface area contributed by atoms with E-state index in [1.807, 2.05) is 0 Å². The Balaban J connectivity index is 3.43. The van der Waals surface area contributed by atoms with Gasteiger partial charge in [0.15, 0.2) is 0 Å². The average molecular weight is 511 g/mol. The zero-order valence-electron chi connectivity index (χ0n) is 24.8. The molecule has 0 saturated heterocycles. The van der Waals surface area contributed by atoms with E-state index in [9.17, 15) is 9.59 Å². The minimum absolute atomic E-state index is 0.0104. The Morgan fingerprint density at radius 3 is 1.39 bits per heavy atom. The second-order valence-electron chi connectivity index (χ2n) is 11.1. The molecule has 1 atom stereocenters. The van der Waals surface area contributed by atoms with E-state index >= 15 is 0 Å². The number of rotatable bonds is 27. The molecule has 0 aromatic carbocycles. The topological polar surface area (TPSA) is 52.6 Å². The number of hydrogen-bond acceptors (Lipinski definition) is 4. The number of unbranched alkanes of at least 4 members (excludes halogenated alkanes) is 17. The molecule has 0 fully saturated rings. The van der Waals surface area contributed by atoms with Crippen molar-refractivity contribution in [3.05, 3.63) is 0 Å². The molecule has 0 aliphatic heterocycles. The van der Waals surface area contributed by atoms with Gasteiger partial charge in [-0.05, 0) is 31.6 Å². The zero-order valence-corrected chi connectivity index (χ0v) is 24.8. The molecule has 0 aromatic heterocycles. The first-order chi connectivity index (χ1) is 17.5. The smallest absolute Gasteiger partial charge is 0.309 e. The van der Waals surface area contributed by atoms with Gasteiger partial charge in [-0.3, -0.25) is 9.59 Å². The summed E-state index contributed by atoms with van der Waals surface area (Å²) in [7, 11) is 0. The second-order valence-corrected chi connectivity index (χ2v) is 11.1. The largest absolute Gasteiger partial charge is 0.466 e. The molecule has 1 unspecified atom stereocenters. The molecule has 0 radical (unpaired) electrons. The molecule has 0 amide bonds. The van der Waals surface area contributed by atoms with Crippen LogP contribution in [0.2, 0.25) is 0 Å². The van der Waals surface area contributed by atoms with Gasteiger partial charge >= 0.3 is 11.9 Å². The summed E-state index contributed by atoms with van der Waals surface area (Å²) < 4.78 is 10.8. The van der Waals surface area contributed by atoms with Crippen LogP contribution in [-0.2, 0) is 19.1 Å². The zero-order chi connectivity index (χ0) is 26.7. The predicted octanol–water partition coefficient (Wildman–Crippen LogP) is 9.97. The van der Waals surface area contributed by atoms with E-state index in [2.05, 4.69) is 27.7 Å². The quantitative estimate of drug-likeness (QED) is 0.0814. The van der Waals surface area contributed by atoms with Gasteiger partial charge in [-0.2, -0.15) is 0 Å². The number of hydrogen-bond donors (Lipinski definition) is 0. The van der Waals surface area contributed by atoms with Crippen LogP contribution < -0.4 is 0 Å². The maximum Gasteiger partial charge on any atom is 0.309 e. The molecule has 4 nitrogen and oxygen atoms in total. The van der Waals surface area contributed by atoms with Gasteiger partial charge < -0.3 is 9.47 Å². The van der Waals surface area contributed by atoms with Crippen LogP contribution >= 0.6 is 0 Å². The van der Waals surface area contributed by atoms with E-state index in [1.165, 1.54) is 70.6 Å². The molecule has 0 bridgehead atoms. The van der Waals surface area contributed by atoms with Crippen LogP contribution in [0, 0.1) is 11.8 Å². The summed E-state index contributed by atoms with van der Waals surface area (Å²) in [6.45, 7) is 9.81. The van der Waals surface area contributed by atoms with Crippen LogP contribution in [0.4, 0.5) is 0 Å². The van der Waals surface area contributed by atoms with E-state index in [0.29, 0.717) is 25.6 Å². The van der Waals surface area contributed by atoms with Gasteiger partial charge in [0.1, 0.15) is 0 Å². The van der Waals surface area contributed by atoms with Crippen LogP contribution in [-0.4, -0.2) is 25.2 Å². The Labute approximate surface area is 225 Å². The molecule has 0 aliphatic rings. The van der Waals surface area contributed by atoms with Gasteiger partial charge in [0.2, 0.25) is 0 Å². The van der Waals surface area contributed by atoms with E-state index in [4.69, 9.17) is 9.47 Å². The van der Waals surface area contributed by atoms with Crippen molar-refractivity contribution in [2.75, 3.05) is 13.2 Å². The highest BCUT2D eigenvalue weighted by molar-refractivity contribution is 5.72. The highest BCUT2D eigenvalue weighted by Crippen LogP contribution is 2.22. The highest BCUT2D eigenvalue weighted by Gasteiger charge is 2.22. The van der Waals surface area contributed by atoms with Crippen molar-refractivity contribution < 1.29 is 19.1 Å². The number of carbonyl (C=O) groups is 2. The van der Waals surface area contributed by atoms with Crippen LogP contribution in [0.25, 0.3) is 0 Å². The molecule has 0 aliphatic carbocycles. The molecular weight excluding hydrogens is 448 g/mol. The lowest BCUT2D eigenvalue weighted by atomic mass is 9.90. The third-order valence-corrected chi connectivity index (χ3v) is 7.26. The summed E-state index contributed by atoms with van der Waals surface area (Å²) in [6, 6.07) is 0. The van der Waals surface area contributed by atoms with Crippen LogP contribution in [0.1, 0.15) is 169 Å². The molecule has 214 valence electrons. The number of carbonyl (C=O) groups excluding carboxylic acids is 2. The van der Waals surface area contributed by atoms with Crippen molar-refractivity contribution in [1.82, 2.24) is 0 Å². The van der Waals surface area contributed by atoms with Gasteiger partial charge in [-0.1, -0.05) is 137 Å². The van der Waals surface area contributed by atoms with E-state index < -0.39 is 0 Å². The maximum absolute atomic E-state index is 12.4. The van der Waals surface area contributed by atoms with Crippen molar-refractivity contribution in [3.63, 3.8) is 0 Å². The molecule has 4 heteroatoms. The van der Waals surface area contributed by atoms with Gasteiger partial charge in [0.05, 0.1) is 19.1 Å². The van der Waals surface area contributed by atoms with Crippen molar-refractivity contribution in [3.8, 4) is 0 Å². The van der Waals surface area contributed by atoms with E-state index in [0.717, 1.165) is 64.2 Å². The summed E-state index contributed by atoms with van der Waals surface area (Å²) in [4.78, 5) is 24.0. The molecule has 0 N–H and O–H groups in total.